The fourth-order valence-electron chi connectivity index (χ4n) is 2.41. The van der Waals surface area contributed by atoms with Gasteiger partial charge in [0.2, 0.25) is 0 Å². The molecule has 0 atom stereocenters. The molecule has 1 heterocycles. The normalized spacial score (nSPS) is 10.4. The zero-order valence-corrected chi connectivity index (χ0v) is 14.6. The van der Waals surface area contributed by atoms with Gasteiger partial charge in [-0.15, -0.1) is 0 Å². The van der Waals surface area contributed by atoms with E-state index >= 15 is 0 Å². The van der Waals surface area contributed by atoms with Crippen molar-refractivity contribution in [3.63, 3.8) is 0 Å². The number of ketones is 1. The molecule has 2 N–H and O–H groups in total. The quantitative estimate of drug-likeness (QED) is 0.493. The minimum Gasteiger partial charge on any atom is -0.340 e. The first-order chi connectivity index (χ1) is 13.3. The molecule has 0 radical (unpaired) electrons. The largest absolute Gasteiger partial charge is 0.340 e. The Kier molecular flexibility index (Phi) is 5.39. The number of aromatic nitrogens is 1. The highest BCUT2D eigenvalue weighted by Crippen LogP contribution is 2.20. The lowest BCUT2D eigenvalue weighted by Crippen LogP contribution is -2.15. The standard InChI is InChI=1S/C20H14F3N3O2/c1-11(27)12-3-2-4-13(9-12)25-17-8-5-14(10-24-17)26-20(28)15-6-7-16(21)19(23)18(15)22/h2-10H,1H3,(H,24,25)(H,26,28). The first kappa shape index (κ1) is 19.1. The highest BCUT2D eigenvalue weighted by atomic mass is 19.2. The van der Waals surface area contributed by atoms with Gasteiger partial charge in [0.05, 0.1) is 17.4 Å². The number of carbonyl (C=O) groups excluding carboxylic acids is 2. The summed E-state index contributed by atoms with van der Waals surface area (Å²) in [5, 5.41) is 5.36. The fraction of sp³-hybridized carbons (Fsp3) is 0.0500. The van der Waals surface area contributed by atoms with Gasteiger partial charge >= 0.3 is 0 Å². The van der Waals surface area contributed by atoms with Crippen molar-refractivity contribution in [1.29, 1.82) is 0 Å². The molecule has 0 saturated carbocycles. The molecular formula is C20H14F3N3O2. The van der Waals surface area contributed by atoms with E-state index in [-0.39, 0.29) is 11.5 Å². The van der Waals surface area contributed by atoms with E-state index in [9.17, 15) is 22.8 Å². The number of Topliss-reactive ketones (excluding diaryl/α,β-unsaturated/α-hetero) is 1. The van der Waals surface area contributed by atoms with Crippen LogP contribution in [-0.4, -0.2) is 16.7 Å². The summed E-state index contributed by atoms with van der Waals surface area (Å²) in [6, 6.07) is 11.4. The Labute approximate surface area is 158 Å². The van der Waals surface area contributed by atoms with Gasteiger partial charge in [-0.05, 0) is 43.3 Å². The molecular weight excluding hydrogens is 371 g/mol. The van der Waals surface area contributed by atoms with Gasteiger partial charge in [0.25, 0.3) is 5.91 Å². The van der Waals surface area contributed by atoms with Crippen molar-refractivity contribution in [2.45, 2.75) is 6.92 Å². The van der Waals surface area contributed by atoms with E-state index in [0.717, 1.165) is 6.07 Å². The van der Waals surface area contributed by atoms with Gasteiger partial charge in [-0.1, -0.05) is 12.1 Å². The molecule has 5 nitrogen and oxygen atoms in total. The number of hydrogen-bond donors (Lipinski definition) is 2. The van der Waals surface area contributed by atoms with Gasteiger partial charge in [-0.3, -0.25) is 9.59 Å². The van der Waals surface area contributed by atoms with Crippen LogP contribution in [0.5, 0.6) is 0 Å². The average Bonchev–Trinajstić information content (AvgIpc) is 2.68. The molecule has 1 aromatic heterocycles. The molecule has 0 unspecified atom stereocenters. The highest BCUT2D eigenvalue weighted by Gasteiger charge is 2.18. The van der Waals surface area contributed by atoms with Crippen LogP contribution in [0.25, 0.3) is 0 Å². The van der Waals surface area contributed by atoms with Crippen LogP contribution in [0.4, 0.5) is 30.4 Å². The smallest absolute Gasteiger partial charge is 0.258 e. The Morgan fingerprint density at radius 3 is 2.39 bits per heavy atom. The summed E-state index contributed by atoms with van der Waals surface area (Å²) in [5.74, 6) is -5.21. The van der Waals surface area contributed by atoms with Crippen molar-refractivity contribution in [2.75, 3.05) is 10.6 Å². The highest BCUT2D eigenvalue weighted by molar-refractivity contribution is 6.04. The summed E-state index contributed by atoms with van der Waals surface area (Å²) in [6.45, 7) is 1.46. The van der Waals surface area contributed by atoms with Crippen LogP contribution in [-0.2, 0) is 0 Å². The third kappa shape index (κ3) is 4.17. The minimum atomic E-state index is -1.71. The van der Waals surface area contributed by atoms with Crippen molar-refractivity contribution in [3.05, 3.63) is 83.3 Å². The van der Waals surface area contributed by atoms with Crippen LogP contribution in [0.2, 0.25) is 0 Å². The van der Waals surface area contributed by atoms with Crippen LogP contribution in [0.3, 0.4) is 0 Å². The first-order valence-corrected chi connectivity index (χ1v) is 8.14. The second-order valence-corrected chi connectivity index (χ2v) is 5.87. The summed E-state index contributed by atoms with van der Waals surface area (Å²) in [6.07, 6.45) is 1.31. The van der Waals surface area contributed by atoms with Gasteiger partial charge in [0.1, 0.15) is 5.82 Å². The maximum Gasteiger partial charge on any atom is 0.258 e. The predicted molar refractivity (Wildman–Crippen MR) is 98.2 cm³/mol. The van der Waals surface area contributed by atoms with Crippen molar-refractivity contribution < 1.29 is 22.8 Å². The molecule has 2 aromatic carbocycles. The molecule has 0 aliphatic heterocycles. The second kappa shape index (κ2) is 7.91. The van der Waals surface area contributed by atoms with E-state index < -0.39 is 28.9 Å². The Hall–Kier alpha value is -3.68. The van der Waals surface area contributed by atoms with Crippen LogP contribution in [0, 0.1) is 17.5 Å². The van der Waals surface area contributed by atoms with Gasteiger partial charge in [0, 0.05) is 11.3 Å². The van der Waals surface area contributed by atoms with Gasteiger partial charge in [-0.25, -0.2) is 18.2 Å². The van der Waals surface area contributed by atoms with E-state index in [2.05, 4.69) is 15.6 Å². The number of amides is 1. The van der Waals surface area contributed by atoms with Gasteiger partial charge in [-0.2, -0.15) is 0 Å². The summed E-state index contributed by atoms with van der Waals surface area (Å²) in [5.41, 5.74) is 0.808. The Bertz CT molecular complexity index is 1050. The predicted octanol–water partition coefficient (Wildman–Crippen LogP) is 4.70. The van der Waals surface area contributed by atoms with E-state index in [1.54, 1.807) is 30.3 Å². The van der Waals surface area contributed by atoms with Crippen molar-refractivity contribution in [2.24, 2.45) is 0 Å². The van der Waals surface area contributed by atoms with E-state index in [4.69, 9.17) is 0 Å². The molecule has 0 fully saturated rings. The van der Waals surface area contributed by atoms with Crippen molar-refractivity contribution in [3.8, 4) is 0 Å². The molecule has 0 spiro atoms. The molecule has 0 bridgehead atoms. The lowest BCUT2D eigenvalue weighted by molar-refractivity contribution is 0.101. The van der Waals surface area contributed by atoms with E-state index in [1.807, 2.05) is 0 Å². The molecule has 0 saturated heterocycles. The SMILES string of the molecule is CC(=O)c1cccc(Nc2ccc(NC(=O)c3ccc(F)c(F)c3F)cn2)c1. The second-order valence-electron chi connectivity index (χ2n) is 5.87. The van der Waals surface area contributed by atoms with E-state index in [1.165, 1.54) is 19.2 Å². The maximum atomic E-state index is 13.7. The molecule has 8 heteroatoms. The maximum absolute atomic E-state index is 13.7. The number of anilines is 3. The average molecular weight is 385 g/mol. The first-order valence-electron chi connectivity index (χ1n) is 8.14. The Morgan fingerprint density at radius 1 is 0.929 bits per heavy atom. The Balaban J connectivity index is 1.71. The van der Waals surface area contributed by atoms with Crippen LogP contribution in [0.1, 0.15) is 27.6 Å². The molecule has 3 aromatic rings. The van der Waals surface area contributed by atoms with Crippen LogP contribution in [0.15, 0.2) is 54.7 Å². The monoisotopic (exact) mass is 385 g/mol. The molecule has 0 aliphatic rings. The number of halogens is 3. The Morgan fingerprint density at radius 2 is 1.71 bits per heavy atom. The van der Waals surface area contributed by atoms with Gasteiger partial charge < -0.3 is 10.6 Å². The summed E-state index contributed by atoms with van der Waals surface area (Å²) >= 11 is 0. The third-order valence-corrected chi connectivity index (χ3v) is 3.84. The molecule has 1 amide bonds. The molecule has 28 heavy (non-hydrogen) atoms. The summed E-state index contributed by atoms with van der Waals surface area (Å²) in [7, 11) is 0. The molecule has 3 rings (SSSR count). The topological polar surface area (TPSA) is 71.1 Å². The van der Waals surface area contributed by atoms with Crippen LogP contribution >= 0.6 is 0 Å². The molecule has 0 aliphatic carbocycles. The summed E-state index contributed by atoms with van der Waals surface area (Å²) in [4.78, 5) is 27.6. The van der Waals surface area contributed by atoms with Crippen molar-refractivity contribution in [1.82, 2.24) is 4.98 Å². The number of carbonyl (C=O) groups is 2. The van der Waals surface area contributed by atoms with Gasteiger partial charge in [0.15, 0.2) is 23.2 Å². The lowest BCUT2D eigenvalue weighted by atomic mass is 10.1. The number of benzene rings is 2. The molecule has 142 valence electrons. The summed E-state index contributed by atoms with van der Waals surface area (Å²) < 4.78 is 39.9. The van der Waals surface area contributed by atoms with Crippen molar-refractivity contribution >= 4 is 28.9 Å². The number of nitrogens with zero attached hydrogens (tertiary/aromatic N) is 1. The lowest BCUT2D eigenvalue weighted by Gasteiger charge is -2.09. The van der Waals surface area contributed by atoms with E-state index in [0.29, 0.717) is 23.1 Å². The number of hydrogen-bond acceptors (Lipinski definition) is 4. The third-order valence-electron chi connectivity index (χ3n) is 3.84. The number of rotatable bonds is 5. The zero-order chi connectivity index (χ0) is 20.3. The van der Waals surface area contributed by atoms with Crippen LogP contribution < -0.4 is 10.6 Å². The fourth-order valence-corrected chi connectivity index (χ4v) is 2.41. The zero-order valence-electron chi connectivity index (χ0n) is 14.6. The number of pyridine rings is 1. The number of nitrogens with one attached hydrogen (secondary N) is 2. The minimum absolute atomic E-state index is 0.0702.